The first-order valence-corrected chi connectivity index (χ1v) is 5.97. The zero-order valence-corrected chi connectivity index (χ0v) is 10.7. The van der Waals surface area contributed by atoms with Crippen LogP contribution in [-0.2, 0) is 12.7 Å². The highest BCUT2D eigenvalue weighted by Crippen LogP contribution is 2.29. The molecule has 8 heteroatoms. The van der Waals surface area contributed by atoms with Crippen LogP contribution in [0.4, 0.5) is 13.2 Å². The summed E-state index contributed by atoms with van der Waals surface area (Å²) in [6, 6.07) is 1.78. The topological polar surface area (TPSA) is 68.8 Å². The van der Waals surface area contributed by atoms with Crippen LogP contribution in [0.25, 0.3) is 0 Å². The Labute approximate surface area is 113 Å². The molecule has 20 heavy (non-hydrogen) atoms. The Balaban J connectivity index is 2.28. The van der Waals surface area contributed by atoms with E-state index in [1.165, 1.54) is 6.07 Å². The predicted octanol–water partition coefficient (Wildman–Crippen LogP) is 1.87. The van der Waals surface area contributed by atoms with Crippen LogP contribution in [0.15, 0.2) is 30.7 Å². The molecule has 0 aliphatic carbocycles. The number of halogens is 3. The molecule has 0 saturated heterocycles. The van der Waals surface area contributed by atoms with Crippen molar-refractivity contribution >= 4 is 0 Å². The van der Waals surface area contributed by atoms with Crippen LogP contribution >= 0.6 is 0 Å². The molecule has 0 fully saturated rings. The van der Waals surface area contributed by atoms with E-state index in [0.29, 0.717) is 12.2 Å². The number of alkyl halides is 3. The van der Waals surface area contributed by atoms with Gasteiger partial charge in [-0.3, -0.25) is 15.5 Å². The lowest BCUT2D eigenvalue weighted by atomic mass is 10.1. The Morgan fingerprint density at radius 1 is 1.35 bits per heavy atom. The van der Waals surface area contributed by atoms with Gasteiger partial charge >= 0.3 is 6.18 Å². The highest BCUT2D eigenvalue weighted by atomic mass is 19.4. The van der Waals surface area contributed by atoms with Crippen LogP contribution in [0.1, 0.15) is 29.8 Å². The third-order valence-electron chi connectivity index (χ3n) is 2.89. The molecule has 3 N–H and O–H groups in total. The van der Waals surface area contributed by atoms with Crippen molar-refractivity contribution in [3.8, 4) is 0 Å². The van der Waals surface area contributed by atoms with Gasteiger partial charge in [0.25, 0.3) is 0 Å². The van der Waals surface area contributed by atoms with Crippen molar-refractivity contribution < 1.29 is 13.2 Å². The van der Waals surface area contributed by atoms with Gasteiger partial charge in [-0.05, 0) is 19.1 Å². The van der Waals surface area contributed by atoms with E-state index in [2.05, 4.69) is 15.5 Å². The molecule has 108 valence electrons. The minimum atomic E-state index is -4.40. The second-order valence-corrected chi connectivity index (χ2v) is 4.20. The van der Waals surface area contributed by atoms with Crippen molar-refractivity contribution in [2.24, 2.45) is 5.84 Å². The average Bonchev–Trinajstić information content (AvgIpc) is 2.88. The minimum absolute atomic E-state index is 0.399. The largest absolute Gasteiger partial charge is 0.417 e. The highest BCUT2D eigenvalue weighted by molar-refractivity contribution is 5.26. The molecule has 2 aromatic heterocycles. The van der Waals surface area contributed by atoms with Gasteiger partial charge in [0.15, 0.2) is 0 Å². The first-order chi connectivity index (χ1) is 9.45. The monoisotopic (exact) mass is 285 g/mol. The third kappa shape index (κ3) is 2.97. The van der Waals surface area contributed by atoms with Crippen LogP contribution in [-0.4, -0.2) is 14.8 Å². The zero-order valence-electron chi connectivity index (χ0n) is 10.7. The normalized spacial score (nSPS) is 13.4. The quantitative estimate of drug-likeness (QED) is 0.664. The maximum absolute atomic E-state index is 12.5. The molecule has 0 bridgehead atoms. The lowest BCUT2D eigenvalue weighted by Crippen LogP contribution is -2.29. The average molecular weight is 285 g/mol. The van der Waals surface area contributed by atoms with Gasteiger partial charge in [-0.25, -0.2) is 5.43 Å². The smallest absolute Gasteiger partial charge is 0.273 e. The molecule has 1 unspecified atom stereocenters. The Morgan fingerprint density at radius 2 is 2.10 bits per heavy atom. The summed E-state index contributed by atoms with van der Waals surface area (Å²) in [5, 5.41) is 4.10. The number of hydrazine groups is 1. The van der Waals surface area contributed by atoms with Gasteiger partial charge < -0.3 is 0 Å². The predicted molar refractivity (Wildman–Crippen MR) is 66.3 cm³/mol. The van der Waals surface area contributed by atoms with Gasteiger partial charge in [0.2, 0.25) is 0 Å². The van der Waals surface area contributed by atoms with E-state index in [1.54, 1.807) is 17.1 Å². The van der Waals surface area contributed by atoms with Gasteiger partial charge in [-0.15, -0.1) is 0 Å². The molecule has 0 aromatic carbocycles. The van der Waals surface area contributed by atoms with Crippen LogP contribution < -0.4 is 11.3 Å². The molecule has 0 radical (unpaired) electrons. The number of hydrogen-bond donors (Lipinski definition) is 2. The number of aromatic nitrogens is 3. The molecule has 1 atom stereocenters. The second-order valence-electron chi connectivity index (χ2n) is 4.20. The molecular weight excluding hydrogens is 271 g/mol. The first-order valence-electron chi connectivity index (χ1n) is 5.97. The fourth-order valence-electron chi connectivity index (χ4n) is 1.80. The molecule has 0 aliphatic heterocycles. The van der Waals surface area contributed by atoms with E-state index in [4.69, 9.17) is 5.84 Å². The second kappa shape index (κ2) is 5.59. The summed E-state index contributed by atoms with van der Waals surface area (Å²) in [7, 11) is 0. The molecule has 0 amide bonds. The zero-order chi connectivity index (χ0) is 14.8. The Hall–Kier alpha value is -1.93. The molecule has 0 spiro atoms. The molecule has 5 nitrogen and oxygen atoms in total. The summed E-state index contributed by atoms with van der Waals surface area (Å²) in [6.07, 6.45) is -0.231. The lowest BCUT2D eigenvalue weighted by Gasteiger charge is -2.14. The summed E-state index contributed by atoms with van der Waals surface area (Å²) in [4.78, 5) is 3.83. The first kappa shape index (κ1) is 14.5. The number of aryl methyl sites for hydroxylation is 1. The van der Waals surface area contributed by atoms with Gasteiger partial charge in [-0.1, -0.05) is 0 Å². The van der Waals surface area contributed by atoms with Crippen LogP contribution in [0, 0.1) is 0 Å². The van der Waals surface area contributed by atoms with Crippen molar-refractivity contribution in [3.05, 3.63) is 47.5 Å². The molecule has 0 saturated carbocycles. The van der Waals surface area contributed by atoms with Crippen molar-refractivity contribution in [3.63, 3.8) is 0 Å². The van der Waals surface area contributed by atoms with Crippen LogP contribution in [0.5, 0.6) is 0 Å². The summed E-state index contributed by atoms with van der Waals surface area (Å²) >= 11 is 0. The maximum atomic E-state index is 12.5. The number of nitrogens with one attached hydrogen (secondary N) is 1. The Bertz CT molecular complexity index is 561. The fraction of sp³-hybridized carbons (Fsp3) is 0.333. The number of nitrogens with two attached hydrogens (primary N) is 1. The number of hydrogen-bond acceptors (Lipinski definition) is 4. The van der Waals surface area contributed by atoms with E-state index in [1.807, 2.05) is 6.92 Å². The van der Waals surface area contributed by atoms with E-state index >= 15 is 0 Å². The number of pyridine rings is 1. The van der Waals surface area contributed by atoms with Crippen molar-refractivity contribution in [1.82, 2.24) is 20.2 Å². The Morgan fingerprint density at radius 3 is 2.55 bits per heavy atom. The van der Waals surface area contributed by atoms with E-state index in [-0.39, 0.29) is 0 Å². The summed E-state index contributed by atoms with van der Waals surface area (Å²) in [6.45, 7) is 2.62. The number of nitrogens with zero attached hydrogens (tertiary/aromatic N) is 3. The Kier molecular flexibility index (Phi) is 4.05. The van der Waals surface area contributed by atoms with E-state index in [9.17, 15) is 13.2 Å². The standard InChI is InChI=1S/C12H14F3N5/c1-2-20-7-8(5-18-20)11(19-16)10-4-3-9(6-17-10)12(13,14)15/h3-7,11,19H,2,16H2,1H3. The SMILES string of the molecule is CCn1cc(C(NN)c2ccc(C(F)(F)F)cn2)cn1. The van der Waals surface area contributed by atoms with Crippen molar-refractivity contribution in [2.75, 3.05) is 0 Å². The maximum Gasteiger partial charge on any atom is 0.417 e. The molecule has 2 rings (SSSR count). The molecular formula is C12H14F3N5. The van der Waals surface area contributed by atoms with Gasteiger partial charge in [0.1, 0.15) is 0 Å². The summed E-state index contributed by atoms with van der Waals surface area (Å²) in [5.41, 5.74) is 2.88. The third-order valence-corrected chi connectivity index (χ3v) is 2.89. The van der Waals surface area contributed by atoms with Gasteiger partial charge in [-0.2, -0.15) is 18.3 Å². The van der Waals surface area contributed by atoms with Gasteiger partial charge in [0.05, 0.1) is 23.5 Å². The minimum Gasteiger partial charge on any atom is -0.273 e. The molecule has 2 heterocycles. The lowest BCUT2D eigenvalue weighted by molar-refractivity contribution is -0.137. The van der Waals surface area contributed by atoms with Crippen molar-refractivity contribution in [2.45, 2.75) is 25.7 Å². The molecule has 2 aromatic rings. The summed E-state index contributed by atoms with van der Waals surface area (Å²) in [5.74, 6) is 5.46. The van der Waals surface area contributed by atoms with Crippen molar-refractivity contribution in [1.29, 1.82) is 0 Å². The van der Waals surface area contributed by atoms with Gasteiger partial charge in [0, 0.05) is 24.5 Å². The highest BCUT2D eigenvalue weighted by Gasteiger charge is 2.31. The fourth-order valence-corrected chi connectivity index (χ4v) is 1.80. The van der Waals surface area contributed by atoms with E-state index in [0.717, 1.165) is 17.8 Å². The number of rotatable bonds is 4. The summed E-state index contributed by atoms with van der Waals surface area (Å²) < 4.78 is 39.1. The molecule has 0 aliphatic rings. The van der Waals surface area contributed by atoms with Crippen LogP contribution in [0.2, 0.25) is 0 Å². The van der Waals surface area contributed by atoms with Crippen LogP contribution in [0.3, 0.4) is 0 Å². The van der Waals surface area contributed by atoms with E-state index < -0.39 is 17.8 Å².